The van der Waals surface area contributed by atoms with Crippen molar-refractivity contribution in [3.8, 4) is 0 Å². The number of pyridine rings is 1. The van der Waals surface area contributed by atoms with Gasteiger partial charge < -0.3 is 16.2 Å². The molecular weight excluding hydrogens is 465 g/mol. The number of nitrogens with zero attached hydrogens (tertiary/aromatic N) is 3. The second-order valence-electron chi connectivity index (χ2n) is 7.02. The molecule has 3 rings (SSSR count). The summed E-state index contributed by atoms with van der Waals surface area (Å²) in [6.45, 7) is 4.16. The predicted octanol–water partition coefficient (Wildman–Crippen LogP) is 2.30. The fraction of sp³-hybridized carbons (Fsp3) is 0.429. The van der Waals surface area contributed by atoms with Gasteiger partial charge in [-0.3, -0.25) is 9.88 Å². The van der Waals surface area contributed by atoms with Crippen LogP contribution in [0.2, 0.25) is 0 Å². The Hall–Kier alpha value is -1.71. The van der Waals surface area contributed by atoms with Crippen molar-refractivity contribution in [1.82, 2.24) is 15.2 Å². The minimum Gasteiger partial charge on any atom is -0.393 e. The largest absolute Gasteiger partial charge is 0.393 e. The lowest BCUT2D eigenvalue weighted by atomic mass is 10.1. The Morgan fingerprint density at radius 3 is 2.54 bits per heavy atom. The molecule has 2 aromatic rings. The fourth-order valence-corrected chi connectivity index (χ4v) is 3.18. The molecule has 1 aromatic heterocycles. The van der Waals surface area contributed by atoms with E-state index in [0.717, 1.165) is 56.7 Å². The van der Waals surface area contributed by atoms with Crippen molar-refractivity contribution >= 4 is 29.9 Å². The Kier molecular flexibility index (Phi) is 9.66. The third-order valence-corrected chi connectivity index (χ3v) is 4.83. The Labute approximate surface area is 184 Å². The van der Waals surface area contributed by atoms with Gasteiger partial charge in [0.1, 0.15) is 0 Å². The molecule has 7 heteroatoms. The van der Waals surface area contributed by atoms with Crippen molar-refractivity contribution < 1.29 is 5.11 Å². The standard InChI is InChI=1S/C21H29N5O.HI/c22-21(24-12-8-19-3-1-2-11-23-19)25-15-17-4-6-18(7-5-17)16-26-13-9-20(27)10-14-26;/h1-7,11,20,27H,8-10,12-16H2,(H3,22,24,25);1H. The molecule has 0 spiro atoms. The van der Waals surface area contributed by atoms with Crippen LogP contribution in [0.25, 0.3) is 0 Å². The number of piperidine rings is 1. The number of aliphatic hydroxyl groups excluding tert-OH is 1. The topological polar surface area (TPSA) is 86.8 Å². The van der Waals surface area contributed by atoms with Crippen LogP contribution in [0.5, 0.6) is 0 Å². The highest BCUT2D eigenvalue weighted by Crippen LogP contribution is 2.14. The zero-order valence-corrected chi connectivity index (χ0v) is 18.5. The molecule has 4 N–H and O–H groups in total. The molecule has 0 bridgehead atoms. The van der Waals surface area contributed by atoms with Gasteiger partial charge in [0.05, 0.1) is 12.6 Å². The zero-order valence-electron chi connectivity index (χ0n) is 16.1. The second-order valence-corrected chi connectivity index (χ2v) is 7.02. The van der Waals surface area contributed by atoms with E-state index in [1.807, 2.05) is 18.2 Å². The van der Waals surface area contributed by atoms with Crippen LogP contribution >= 0.6 is 24.0 Å². The van der Waals surface area contributed by atoms with Gasteiger partial charge in [-0.05, 0) is 36.1 Å². The van der Waals surface area contributed by atoms with E-state index in [1.165, 1.54) is 5.56 Å². The van der Waals surface area contributed by atoms with Gasteiger partial charge in [0.25, 0.3) is 0 Å². The highest BCUT2D eigenvalue weighted by Gasteiger charge is 2.16. The Morgan fingerprint density at radius 2 is 1.86 bits per heavy atom. The number of hydrogen-bond donors (Lipinski definition) is 3. The number of benzene rings is 1. The number of nitrogens with two attached hydrogens (primary N) is 1. The maximum atomic E-state index is 9.59. The summed E-state index contributed by atoms with van der Waals surface area (Å²) >= 11 is 0. The molecule has 0 amide bonds. The lowest BCUT2D eigenvalue weighted by molar-refractivity contribution is 0.0792. The summed E-state index contributed by atoms with van der Waals surface area (Å²) in [4.78, 5) is 11.1. The van der Waals surface area contributed by atoms with Gasteiger partial charge in [-0.1, -0.05) is 30.3 Å². The molecule has 0 atom stereocenters. The van der Waals surface area contributed by atoms with Crippen LogP contribution in [0, 0.1) is 0 Å². The number of guanidine groups is 1. The van der Waals surface area contributed by atoms with E-state index in [-0.39, 0.29) is 30.1 Å². The number of likely N-dealkylation sites (tertiary alicyclic amines) is 1. The molecule has 1 aliphatic heterocycles. The van der Waals surface area contributed by atoms with Crippen LogP contribution < -0.4 is 11.1 Å². The first kappa shape index (κ1) is 22.6. The fourth-order valence-electron chi connectivity index (χ4n) is 3.18. The van der Waals surface area contributed by atoms with Crippen molar-refractivity contribution in [2.24, 2.45) is 10.7 Å². The predicted molar refractivity (Wildman–Crippen MR) is 124 cm³/mol. The van der Waals surface area contributed by atoms with E-state index in [0.29, 0.717) is 12.5 Å². The molecule has 1 fully saturated rings. The average molecular weight is 495 g/mol. The van der Waals surface area contributed by atoms with Crippen LogP contribution in [0.3, 0.4) is 0 Å². The van der Waals surface area contributed by atoms with E-state index < -0.39 is 0 Å². The average Bonchev–Trinajstić information content (AvgIpc) is 2.70. The van der Waals surface area contributed by atoms with Crippen molar-refractivity contribution in [3.63, 3.8) is 0 Å². The highest BCUT2D eigenvalue weighted by molar-refractivity contribution is 14.0. The van der Waals surface area contributed by atoms with E-state index >= 15 is 0 Å². The number of aliphatic hydroxyl groups is 1. The van der Waals surface area contributed by atoms with E-state index in [1.54, 1.807) is 6.20 Å². The molecule has 2 heterocycles. The van der Waals surface area contributed by atoms with Gasteiger partial charge in [0.15, 0.2) is 5.96 Å². The molecule has 1 aromatic carbocycles. The molecule has 6 nitrogen and oxygen atoms in total. The summed E-state index contributed by atoms with van der Waals surface area (Å²) in [6, 6.07) is 14.4. The minimum absolute atomic E-state index is 0. The van der Waals surface area contributed by atoms with Crippen molar-refractivity contribution in [2.75, 3.05) is 19.6 Å². The van der Waals surface area contributed by atoms with E-state index in [4.69, 9.17) is 5.73 Å². The van der Waals surface area contributed by atoms with Crippen LogP contribution in [-0.4, -0.2) is 46.7 Å². The molecule has 0 unspecified atom stereocenters. The molecule has 0 radical (unpaired) electrons. The lowest BCUT2D eigenvalue weighted by Crippen LogP contribution is -2.35. The molecule has 1 saturated heterocycles. The number of rotatable bonds is 7. The zero-order chi connectivity index (χ0) is 18.9. The number of halogens is 1. The third kappa shape index (κ3) is 7.73. The minimum atomic E-state index is -0.121. The summed E-state index contributed by atoms with van der Waals surface area (Å²) < 4.78 is 0. The van der Waals surface area contributed by atoms with Gasteiger partial charge in [-0.15, -0.1) is 24.0 Å². The number of hydrogen-bond acceptors (Lipinski definition) is 4. The van der Waals surface area contributed by atoms with Crippen LogP contribution in [0.1, 0.15) is 29.7 Å². The van der Waals surface area contributed by atoms with Crippen LogP contribution in [0.15, 0.2) is 53.7 Å². The maximum Gasteiger partial charge on any atom is 0.188 e. The maximum absolute atomic E-state index is 9.59. The van der Waals surface area contributed by atoms with Crippen molar-refractivity contribution in [1.29, 1.82) is 0 Å². The Balaban J connectivity index is 0.00000280. The molecule has 152 valence electrons. The summed E-state index contributed by atoms with van der Waals surface area (Å²) in [5.74, 6) is 0.460. The van der Waals surface area contributed by atoms with Gasteiger partial charge in [-0.25, -0.2) is 4.99 Å². The van der Waals surface area contributed by atoms with Crippen LogP contribution in [-0.2, 0) is 19.5 Å². The van der Waals surface area contributed by atoms with Crippen molar-refractivity contribution in [2.45, 2.75) is 38.5 Å². The molecule has 28 heavy (non-hydrogen) atoms. The summed E-state index contributed by atoms with van der Waals surface area (Å²) in [6.07, 6.45) is 4.24. The van der Waals surface area contributed by atoms with Gasteiger partial charge in [0, 0.05) is 44.5 Å². The third-order valence-electron chi connectivity index (χ3n) is 4.83. The molecular formula is C21H30IN5O. The Bertz CT molecular complexity index is 715. The molecule has 1 aliphatic rings. The molecule has 0 aliphatic carbocycles. The summed E-state index contributed by atoms with van der Waals surface area (Å²) in [7, 11) is 0. The second kappa shape index (κ2) is 12.0. The normalized spacial score (nSPS) is 15.8. The number of aromatic nitrogens is 1. The monoisotopic (exact) mass is 495 g/mol. The first-order valence-electron chi connectivity index (χ1n) is 9.61. The molecule has 0 saturated carbocycles. The lowest BCUT2D eigenvalue weighted by Gasteiger charge is -2.29. The van der Waals surface area contributed by atoms with Gasteiger partial charge in [-0.2, -0.15) is 0 Å². The smallest absolute Gasteiger partial charge is 0.188 e. The van der Waals surface area contributed by atoms with Crippen LogP contribution in [0.4, 0.5) is 0 Å². The number of nitrogens with one attached hydrogen (secondary N) is 1. The highest BCUT2D eigenvalue weighted by atomic mass is 127. The first-order chi connectivity index (χ1) is 13.2. The van der Waals surface area contributed by atoms with Gasteiger partial charge >= 0.3 is 0 Å². The SMILES string of the molecule is I.NC(=NCc1ccc(CN2CCC(O)CC2)cc1)NCCc1ccccn1. The van der Waals surface area contributed by atoms with Gasteiger partial charge in [0.2, 0.25) is 0 Å². The van der Waals surface area contributed by atoms with E-state index in [2.05, 4.69) is 44.5 Å². The summed E-state index contributed by atoms with van der Waals surface area (Å²) in [5.41, 5.74) is 9.41. The van der Waals surface area contributed by atoms with E-state index in [9.17, 15) is 5.11 Å². The first-order valence-corrected chi connectivity index (χ1v) is 9.61. The summed E-state index contributed by atoms with van der Waals surface area (Å²) in [5, 5.41) is 12.7. The Morgan fingerprint density at radius 1 is 1.14 bits per heavy atom. The number of aliphatic imine (C=N–C) groups is 1. The quantitative estimate of drug-likeness (QED) is 0.312. The van der Waals surface area contributed by atoms with Crippen molar-refractivity contribution in [3.05, 3.63) is 65.5 Å².